The third-order valence-corrected chi connectivity index (χ3v) is 4.32. The Labute approximate surface area is 104 Å². The molecule has 2 nitrogen and oxygen atoms in total. The van der Waals surface area contributed by atoms with Crippen molar-refractivity contribution in [3.05, 3.63) is 0 Å². The molecule has 0 saturated carbocycles. The van der Waals surface area contributed by atoms with Gasteiger partial charge in [0, 0.05) is 30.6 Å². The monoisotopic (exact) mass is 245 g/mol. The molecule has 0 amide bonds. The van der Waals surface area contributed by atoms with E-state index in [1.165, 1.54) is 38.5 Å². The summed E-state index contributed by atoms with van der Waals surface area (Å²) in [6.45, 7) is 5.15. The fourth-order valence-corrected chi connectivity index (χ4v) is 3.50. The molecule has 2 bridgehead atoms. The quantitative estimate of drug-likeness (QED) is 0.527. The number of piperidine rings is 1. The first kappa shape index (κ1) is 12.7. The largest absolute Gasteiger partial charge is 0.380 e. The number of ether oxygens (including phenoxy) is 1. The van der Waals surface area contributed by atoms with E-state index in [1.807, 2.05) is 0 Å². The molecule has 2 unspecified atom stereocenters. The van der Waals surface area contributed by atoms with Crippen molar-refractivity contribution in [1.29, 1.82) is 0 Å². The van der Waals surface area contributed by atoms with Crippen LogP contribution in [0.5, 0.6) is 0 Å². The summed E-state index contributed by atoms with van der Waals surface area (Å²) in [7, 11) is 0. The van der Waals surface area contributed by atoms with Crippen LogP contribution in [0.25, 0.3) is 0 Å². The van der Waals surface area contributed by atoms with Crippen LogP contribution in [0, 0.1) is 0 Å². The minimum atomic E-state index is 0.426. The Morgan fingerprint density at radius 3 is 2.50 bits per heavy atom. The molecule has 2 saturated heterocycles. The number of hydrogen-bond donors (Lipinski definition) is 0. The number of alkyl halides is 1. The van der Waals surface area contributed by atoms with Crippen LogP contribution in [-0.4, -0.2) is 42.1 Å². The van der Waals surface area contributed by atoms with Gasteiger partial charge in [0.25, 0.3) is 0 Å². The average Bonchev–Trinajstić information content (AvgIpc) is 2.51. The number of unbranched alkanes of at least 4 members (excludes halogenated alkanes) is 1. The van der Waals surface area contributed by atoms with Gasteiger partial charge in [0.1, 0.15) is 0 Å². The fraction of sp³-hybridized carbons (Fsp3) is 1.00. The van der Waals surface area contributed by atoms with Crippen LogP contribution in [0.15, 0.2) is 0 Å². The first-order valence-corrected chi connectivity index (χ1v) is 7.22. The third kappa shape index (κ3) is 3.12. The second kappa shape index (κ2) is 6.23. The van der Waals surface area contributed by atoms with Crippen molar-refractivity contribution in [2.75, 3.05) is 19.8 Å². The Morgan fingerprint density at radius 1 is 1.19 bits per heavy atom. The third-order valence-electron chi connectivity index (χ3n) is 3.96. The number of rotatable bonds is 6. The number of halogens is 1. The molecule has 2 aliphatic rings. The molecule has 0 radical (unpaired) electrons. The zero-order chi connectivity index (χ0) is 11.4. The van der Waals surface area contributed by atoms with Crippen molar-refractivity contribution in [2.24, 2.45) is 0 Å². The lowest BCUT2D eigenvalue weighted by Crippen LogP contribution is -2.44. The highest BCUT2D eigenvalue weighted by Crippen LogP contribution is 2.37. The van der Waals surface area contributed by atoms with Crippen LogP contribution in [0.2, 0.25) is 0 Å². The van der Waals surface area contributed by atoms with E-state index >= 15 is 0 Å². The minimum Gasteiger partial charge on any atom is -0.380 e. The Morgan fingerprint density at radius 2 is 1.88 bits per heavy atom. The molecule has 0 N–H and O–H groups in total. The van der Waals surface area contributed by atoms with Crippen LogP contribution < -0.4 is 0 Å². The van der Waals surface area contributed by atoms with Gasteiger partial charge in [0.05, 0.1) is 6.61 Å². The van der Waals surface area contributed by atoms with Crippen molar-refractivity contribution in [3.8, 4) is 0 Å². The molecule has 0 aliphatic carbocycles. The van der Waals surface area contributed by atoms with E-state index in [-0.39, 0.29) is 0 Å². The Hall–Kier alpha value is 0.210. The van der Waals surface area contributed by atoms with Gasteiger partial charge in [0.2, 0.25) is 0 Å². The van der Waals surface area contributed by atoms with Gasteiger partial charge in [-0.05, 0) is 32.1 Å². The summed E-state index contributed by atoms with van der Waals surface area (Å²) in [5.41, 5.74) is 0. The highest BCUT2D eigenvalue weighted by atomic mass is 35.5. The van der Waals surface area contributed by atoms with Crippen molar-refractivity contribution in [3.63, 3.8) is 0 Å². The van der Waals surface area contributed by atoms with Gasteiger partial charge < -0.3 is 4.74 Å². The lowest BCUT2D eigenvalue weighted by molar-refractivity contribution is 0.0674. The maximum atomic E-state index is 6.26. The van der Waals surface area contributed by atoms with E-state index < -0.39 is 0 Å². The van der Waals surface area contributed by atoms with Crippen molar-refractivity contribution in [1.82, 2.24) is 4.90 Å². The Kier molecular flexibility index (Phi) is 4.93. The predicted octanol–water partition coefficient (Wildman–Crippen LogP) is 3.04. The van der Waals surface area contributed by atoms with Gasteiger partial charge in [-0.25, -0.2) is 0 Å². The van der Waals surface area contributed by atoms with E-state index in [4.69, 9.17) is 16.3 Å². The van der Waals surface area contributed by atoms with Gasteiger partial charge in [-0.3, -0.25) is 4.90 Å². The molecule has 2 atom stereocenters. The Balaban J connectivity index is 1.66. The van der Waals surface area contributed by atoms with Crippen molar-refractivity contribution in [2.45, 2.75) is 62.9 Å². The first-order valence-electron chi connectivity index (χ1n) is 6.78. The van der Waals surface area contributed by atoms with Gasteiger partial charge >= 0.3 is 0 Å². The molecular weight excluding hydrogens is 222 g/mol. The van der Waals surface area contributed by atoms with E-state index in [2.05, 4.69) is 11.8 Å². The van der Waals surface area contributed by atoms with Crippen LogP contribution in [0.3, 0.4) is 0 Å². The molecule has 0 aromatic heterocycles. The first-order chi connectivity index (χ1) is 7.81. The summed E-state index contributed by atoms with van der Waals surface area (Å²) in [5.74, 6) is 0. The molecule has 2 fully saturated rings. The van der Waals surface area contributed by atoms with E-state index in [1.54, 1.807) is 0 Å². The molecular formula is C13H24ClNO. The molecule has 94 valence electrons. The molecule has 16 heavy (non-hydrogen) atoms. The fourth-order valence-electron chi connectivity index (χ4n) is 3.09. The summed E-state index contributed by atoms with van der Waals surface area (Å²) in [4.78, 5) is 2.64. The standard InChI is InChI=1S/C13H24ClNO/c1-2-3-7-16-8-6-15-12-4-5-13(15)10-11(14)9-12/h11-13H,2-10H2,1H3. The van der Waals surface area contributed by atoms with Crippen LogP contribution >= 0.6 is 11.6 Å². The van der Waals surface area contributed by atoms with Crippen molar-refractivity contribution >= 4 is 11.6 Å². The smallest absolute Gasteiger partial charge is 0.0593 e. The summed E-state index contributed by atoms with van der Waals surface area (Å²) in [6.07, 6.45) is 7.49. The second-order valence-electron chi connectivity index (χ2n) is 5.16. The van der Waals surface area contributed by atoms with Crippen LogP contribution in [-0.2, 0) is 4.74 Å². The molecule has 3 heteroatoms. The van der Waals surface area contributed by atoms with Gasteiger partial charge in [-0.15, -0.1) is 11.6 Å². The molecule has 0 spiro atoms. The predicted molar refractivity (Wildman–Crippen MR) is 68.1 cm³/mol. The van der Waals surface area contributed by atoms with Gasteiger partial charge in [0.15, 0.2) is 0 Å². The number of fused-ring (bicyclic) bond motifs is 2. The average molecular weight is 246 g/mol. The van der Waals surface area contributed by atoms with E-state index in [0.29, 0.717) is 5.38 Å². The van der Waals surface area contributed by atoms with E-state index in [9.17, 15) is 0 Å². The van der Waals surface area contributed by atoms with Crippen LogP contribution in [0.4, 0.5) is 0 Å². The molecule has 2 aliphatic heterocycles. The summed E-state index contributed by atoms with van der Waals surface area (Å²) in [5, 5.41) is 0.426. The van der Waals surface area contributed by atoms with Gasteiger partial charge in [-0.2, -0.15) is 0 Å². The lowest BCUT2D eigenvalue weighted by atomic mass is 10.0. The number of hydrogen-bond acceptors (Lipinski definition) is 2. The highest BCUT2D eigenvalue weighted by molar-refractivity contribution is 6.20. The minimum absolute atomic E-state index is 0.426. The zero-order valence-electron chi connectivity index (χ0n) is 10.3. The summed E-state index contributed by atoms with van der Waals surface area (Å²) >= 11 is 6.26. The normalized spacial score (nSPS) is 34.5. The topological polar surface area (TPSA) is 12.5 Å². The van der Waals surface area contributed by atoms with Gasteiger partial charge in [-0.1, -0.05) is 13.3 Å². The summed E-state index contributed by atoms with van der Waals surface area (Å²) < 4.78 is 5.65. The molecule has 2 heterocycles. The molecule has 0 aromatic carbocycles. The lowest BCUT2D eigenvalue weighted by Gasteiger charge is -2.36. The highest BCUT2D eigenvalue weighted by Gasteiger charge is 2.39. The maximum absolute atomic E-state index is 6.26. The van der Waals surface area contributed by atoms with E-state index in [0.717, 1.165) is 31.8 Å². The SMILES string of the molecule is CCCCOCCN1C2CCC1CC(Cl)C2. The second-order valence-corrected chi connectivity index (χ2v) is 5.77. The zero-order valence-corrected chi connectivity index (χ0v) is 11.1. The van der Waals surface area contributed by atoms with Crippen molar-refractivity contribution < 1.29 is 4.74 Å². The number of nitrogens with zero attached hydrogens (tertiary/aromatic N) is 1. The van der Waals surface area contributed by atoms with Crippen LogP contribution in [0.1, 0.15) is 45.4 Å². The summed E-state index contributed by atoms with van der Waals surface area (Å²) in [6, 6.07) is 1.49. The molecule has 0 aromatic rings. The Bertz CT molecular complexity index is 198. The maximum Gasteiger partial charge on any atom is 0.0593 e. The molecule has 2 rings (SSSR count).